The Morgan fingerprint density at radius 3 is 2.95 bits per heavy atom. The van der Waals surface area contributed by atoms with Gasteiger partial charge in [-0.3, -0.25) is 4.79 Å². The van der Waals surface area contributed by atoms with E-state index in [1.54, 1.807) is 4.90 Å². The molecule has 0 aromatic carbocycles. The Labute approximate surface area is 125 Å². The minimum absolute atomic E-state index is 0.0366. The molecule has 1 amide bonds. The smallest absolute Gasteiger partial charge is 0.250 e. The average molecular weight is 317 g/mol. The van der Waals surface area contributed by atoms with Crippen molar-refractivity contribution in [1.82, 2.24) is 9.97 Å². The van der Waals surface area contributed by atoms with Gasteiger partial charge in [0.15, 0.2) is 5.82 Å². The second kappa shape index (κ2) is 5.05. The molecule has 1 N–H and O–H groups in total. The maximum absolute atomic E-state index is 13.5. The van der Waals surface area contributed by atoms with Crippen LogP contribution in [0.3, 0.4) is 0 Å². The Morgan fingerprint density at radius 2 is 2.33 bits per heavy atom. The van der Waals surface area contributed by atoms with E-state index in [0.29, 0.717) is 24.3 Å². The number of aromatic nitrogens is 2. The summed E-state index contributed by atoms with van der Waals surface area (Å²) in [4.78, 5) is 21.8. The van der Waals surface area contributed by atoms with Gasteiger partial charge in [-0.2, -0.15) is 4.98 Å². The van der Waals surface area contributed by atoms with Gasteiger partial charge in [-0.05, 0) is 24.4 Å². The van der Waals surface area contributed by atoms with Gasteiger partial charge in [0.05, 0.1) is 6.20 Å². The lowest BCUT2D eigenvalue weighted by Gasteiger charge is -2.40. The maximum atomic E-state index is 13.5. The highest BCUT2D eigenvalue weighted by Crippen LogP contribution is 2.42. The Balaban J connectivity index is 2.03. The lowest BCUT2D eigenvalue weighted by atomic mass is 10.0. The number of hydrogen-bond donors (Lipinski definition) is 1. The van der Waals surface area contributed by atoms with E-state index in [0.717, 1.165) is 0 Å². The van der Waals surface area contributed by atoms with Gasteiger partial charge >= 0.3 is 0 Å². The third kappa shape index (κ3) is 2.54. The number of hydrogen-bond acceptors (Lipinski definition) is 4. The first kappa shape index (κ1) is 14.4. The molecule has 0 spiro atoms. The molecule has 0 saturated heterocycles. The van der Waals surface area contributed by atoms with Crippen molar-refractivity contribution in [3.8, 4) is 0 Å². The van der Waals surface area contributed by atoms with Crippen molar-refractivity contribution in [1.29, 1.82) is 0 Å². The molecule has 1 aliphatic carbocycles. The van der Waals surface area contributed by atoms with Crippen LogP contribution in [0.2, 0.25) is 5.28 Å². The molecular formula is C13H15ClF2N4O. The van der Waals surface area contributed by atoms with Gasteiger partial charge in [-0.25, -0.2) is 13.8 Å². The monoisotopic (exact) mass is 316 g/mol. The fourth-order valence-corrected chi connectivity index (χ4v) is 3.23. The number of alkyl halides is 2. The van der Waals surface area contributed by atoms with Crippen molar-refractivity contribution < 1.29 is 13.6 Å². The van der Waals surface area contributed by atoms with Crippen LogP contribution in [0.1, 0.15) is 32.6 Å². The number of nitrogens with zero attached hydrogens (tertiary/aromatic N) is 3. The van der Waals surface area contributed by atoms with Crippen molar-refractivity contribution >= 4 is 29.0 Å². The lowest BCUT2D eigenvalue weighted by Crippen LogP contribution is -2.52. The highest BCUT2D eigenvalue weighted by atomic mass is 35.5. The zero-order valence-corrected chi connectivity index (χ0v) is 12.2. The molecule has 8 heteroatoms. The number of rotatable bonds is 2. The standard InChI is InChI=1S/C13H15ClF2N4O/c1-2-9-11(21)18-8-6-17-12(14)19-10(8)20(9)7-3-4-13(15,16)5-7/h6-7,9H,2-5H2,1H3,(H,18,21). The van der Waals surface area contributed by atoms with E-state index in [1.807, 2.05) is 6.92 Å². The maximum Gasteiger partial charge on any atom is 0.250 e. The second-order valence-corrected chi connectivity index (χ2v) is 5.79. The molecule has 0 bridgehead atoms. The van der Waals surface area contributed by atoms with E-state index in [2.05, 4.69) is 15.3 Å². The zero-order chi connectivity index (χ0) is 15.2. The van der Waals surface area contributed by atoms with Crippen molar-refractivity contribution in [2.45, 2.75) is 50.6 Å². The lowest BCUT2D eigenvalue weighted by molar-refractivity contribution is -0.118. The van der Waals surface area contributed by atoms with Crippen LogP contribution in [0.15, 0.2) is 6.20 Å². The highest BCUT2D eigenvalue weighted by Gasteiger charge is 2.46. The van der Waals surface area contributed by atoms with Gasteiger partial charge < -0.3 is 10.2 Å². The number of halogens is 3. The number of fused-ring (bicyclic) bond motifs is 1. The Bertz CT molecular complexity index is 583. The van der Waals surface area contributed by atoms with Gasteiger partial charge in [0.2, 0.25) is 17.1 Å². The third-order valence-corrected chi connectivity index (χ3v) is 4.22. The predicted octanol–water partition coefficient (Wildman–Crippen LogP) is 2.85. The van der Waals surface area contributed by atoms with Crippen molar-refractivity contribution in [3.63, 3.8) is 0 Å². The molecule has 2 aliphatic rings. The average Bonchev–Trinajstić information content (AvgIpc) is 2.77. The van der Waals surface area contributed by atoms with Crippen LogP contribution in [0.5, 0.6) is 0 Å². The fourth-order valence-electron chi connectivity index (χ4n) is 3.10. The summed E-state index contributed by atoms with van der Waals surface area (Å²) in [7, 11) is 0. The molecule has 1 fully saturated rings. The summed E-state index contributed by atoms with van der Waals surface area (Å²) in [5.74, 6) is -2.47. The SMILES string of the molecule is CCC1C(=O)Nc2cnc(Cl)nc2N1C1CCC(F)(F)C1. The highest BCUT2D eigenvalue weighted by molar-refractivity contribution is 6.28. The summed E-state index contributed by atoms with van der Waals surface area (Å²) in [6, 6.07) is -0.928. The van der Waals surface area contributed by atoms with Gasteiger partial charge in [0, 0.05) is 18.9 Å². The van der Waals surface area contributed by atoms with Crippen molar-refractivity contribution in [2.24, 2.45) is 0 Å². The minimum Gasteiger partial charge on any atom is -0.339 e. The van der Waals surface area contributed by atoms with E-state index in [-0.39, 0.29) is 24.0 Å². The van der Waals surface area contributed by atoms with Crippen LogP contribution < -0.4 is 10.2 Å². The third-order valence-electron chi connectivity index (χ3n) is 4.04. The topological polar surface area (TPSA) is 58.1 Å². The van der Waals surface area contributed by atoms with Crippen LogP contribution in [0.4, 0.5) is 20.3 Å². The number of amides is 1. The molecule has 114 valence electrons. The number of carbonyl (C=O) groups is 1. The largest absolute Gasteiger partial charge is 0.339 e. The van der Waals surface area contributed by atoms with E-state index in [1.165, 1.54) is 6.20 Å². The van der Waals surface area contributed by atoms with Crippen LogP contribution >= 0.6 is 11.6 Å². The summed E-state index contributed by atoms with van der Waals surface area (Å²) in [5, 5.41) is 2.75. The summed E-state index contributed by atoms with van der Waals surface area (Å²) in [6.45, 7) is 1.85. The first-order valence-corrected chi connectivity index (χ1v) is 7.28. The minimum atomic E-state index is -2.69. The fraction of sp³-hybridized carbons (Fsp3) is 0.615. The molecule has 1 aliphatic heterocycles. The number of anilines is 2. The van der Waals surface area contributed by atoms with Crippen molar-refractivity contribution in [2.75, 3.05) is 10.2 Å². The van der Waals surface area contributed by atoms with E-state index in [9.17, 15) is 13.6 Å². The summed E-state index contributed by atoms with van der Waals surface area (Å²) in [5.41, 5.74) is 0.421. The second-order valence-electron chi connectivity index (χ2n) is 5.45. The quantitative estimate of drug-likeness (QED) is 0.852. The first-order chi connectivity index (χ1) is 9.91. The van der Waals surface area contributed by atoms with Crippen LogP contribution in [-0.2, 0) is 4.79 Å². The molecule has 2 atom stereocenters. The summed E-state index contributed by atoms with van der Waals surface area (Å²) < 4.78 is 27.1. The zero-order valence-electron chi connectivity index (χ0n) is 11.4. The van der Waals surface area contributed by atoms with Crippen LogP contribution in [0, 0.1) is 0 Å². The molecule has 3 rings (SSSR count). The number of carbonyl (C=O) groups excluding carboxylic acids is 1. The van der Waals surface area contributed by atoms with Gasteiger partial charge in [-0.1, -0.05) is 6.92 Å². The molecule has 1 saturated carbocycles. The molecular weight excluding hydrogens is 302 g/mol. The van der Waals surface area contributed by atoms with Crippen LogP contribution in [0.25, 0.3) is 0 Å². The predicted molar refractivity (Wildman–Crippen MR) is 74.8 cm³/mol. The molecule has 21 heavy (non-hydrogen) atoms. The number of nitrogens with one attached hydrogen (secondary N) is 1. The first-order valence-electron chi connectivity index (χ1n) is 6.91. The van der Waals surface area contributed by atoms with Gasteiger partial charge in [0.1, 0.15) is 11.7 Å². The molecule has 1 aromatic rings. The van der Waals surface area contributed by atoms with Gasteiger partial charge in [-0.15, -0.1) is 0 Å². The van der Waals surface area contributed by atoms with E-state index >= 15 is 0 Å². The van der Waals surface area contributed by atoms with E-state index < -0.39 is 18.0 Å². The molecule has 0 radical (unpaired) electrons. The van der Waals surface area contributed by atoms with E-state index in [4.69, 9.17) is 11.6 Å². The normalized spacial score (nSPS) is 27.4. The summed E-state index contributed by atoms with van der Waals surface area (Å²) in [6.07, 6.45) is 1.82. The Kier molecular flexibility index (Phi) is 3.47. The van der Waals surface area contributed by atoms with Crippen LogP contribution in [-0.4, -0.2) is 33.9 Å². The summed E-state index contributed by atoms with van der Waals surface area (Å²) >= 11 is 5.82. The Hall–Kier alpha value is -1.50. The molecule has 1 aromatic heterocycles. The molecule has 5 nitrogen and oxygen atoms in total. The molecule has 2 heterocycles. The molecule has 2 unspecified atom stereocenters. The van der Waals surface area contributed by atoms with Crippen molar-refractivity contribution in [3.05, 3.63) is 11.5 Å². The van der Waals surface area contributed by atoms with Gasteiger partial charge in [0.25, 0.3) is 0 Å². The Morgan fingerprint density at radius 1 is 1.57 bits per heavy atom.